The number of rotatable bonds is 9. The molecule has 1 aliphatic rings. The molecule has 6 nitrogen and oxygen atoms in total. The number of hydrogen-bond donors (Lipinski definition) is 1. The first-order chi connectivity index (χ1) is 11.7. The van der Waals surface area contributed by atoms with Crippen molar-refractivity contribution in [2.45, 2.75) is 64.8 Å². The Bertz CT molecular complexity index is 520. The zero-order valence-corrected chi connectivity index (χ0v) is 14.6. The van der Waals surface area contributed by atoms with Crippen molar-refractivity contribution in [1.29, 1.82) is 0 Å². The van der Waals surface area contributed by atoms with Crippen LogP contribution in [0.2, 0.25) is 0 Å². The number of hydrogen-bond acceptors (Lipinski definition) is 5. The summed E-state index contributed by atoms with van der Waals surface area (Å²) in [5, 5.41) is 0. The number of nitrogens with two attached hydrogens (primary N) is 1. The van der Waals surface area contributed by atoms with Crippen LogP contribution in [-0.2, 0) is 20.9 Å². The molecule has 1 fully saturated rings. The molecular formula is C18H29N3O3. The van der Waals surface area contributed by atoms with Crippen molar-refractivity contribution in [2.75, 3.05) is 6.61 Å². The minimum Gasteiger partial charge on any atom is -0.466 e. The number of nitrogens with zero attached hydrogens (tertiary/aromatic N) is 2. The van der Waals surface area contributed by atoms with Gasteiger partial charge in [0.15, 0.2) is 0 Å². The first kappa shape index (κ1) is 18.5. The van der Waals surface area contributed by atoms with Gasteiger partial charge in [-0.2, -0.15) is 5.90 Å². The standard InChI is InChI=1S/C18H29N3O3/c1-2-23-18(22)10-6-9-17(24-19)16(13-21-12-11-20-14-21)15-7-4-3-5-8-15/h11-12,14-15H,2-10,13,19H2,1H3. The molecule has 24 heavy (non-hydrogen) atoms. The lowest BCUT2D eigenvalue weighted by atomic mass is 9.82. The second-order valence-electron chi connectivity index (χ2n) is 6.29. The molecule has 0 amide bonds. The number of allylic oxidation sites excluding steroid dienone is 2. The van der Waals surface area contributed by atoms with Gasteiger partial charge in [-0.05, 0) is 37.7 Å². The molecular weight excluding hydrogens is 306 g/mol. The fourth-order valence-corrected chi connectivity index (χ4v) is 3.39. The van der Waals surface area contributed by atoms with E-state index in [1.54, 1.807) is 6.20 Å². The Morgan fingerprint density at radius 2 is 2.08 bits per heavy atom. The first-order valence-electron chi connectivity index (χ1n) is 8.94. The number of imidazole rings is 1. The lowest BCUT2D eigenvalue weighted by Gasteiger charge is -2.26. The zero-order valence-electron chi connectivity index (χ0n) is 14.6. The summed E-state index contributed by atoms with van der Waals surface area (Å²) in [5.74, 6) is 6.74. The lowest BCUT2D eigenvalue weighted by molar-refractivity contribution is -0.143. The van der Waals surface area contributed by atoms with Gasteiger partial charge in [0.2, 0.25) is 0 Å². The summed E-state index contributed by atoms with van der Waals surface area (Å²) < 4.78 is 7.03. The molecule has 0 unspecified atom stereocenters. The molecule has 0 spiro atoms. The van der Waals surface area contributed by atoms with E-state index < -0.39 is 0 Å². The van der Waals surface area contributed by atoms with Crippen molar-refractivity contribution in [3.05, 3.63) is 30.1 Å². The van der Waals surface area contributed by atoms with Crippen LogP contribution in [0.4, 0.5) is 0 Å². The average Bonchev–Trinajstić information content (AvgIpc) is 3.11. The molecule has 1 heterocycles. The van der Waals surface area contributed by atoms with Gasteiger partial charge in [0.05, 0.1) is 12.9 Å². The largest absolute Gasteiger partial charge is 0.466 e. The highest BCUT2D eigenvalue weighted by Gasteiger charge is 2.22. The predicted molar refractivity (Wildman–Crippen MR) is 91.6 cm³/mol. The Hall–Kier alpha value is -1.82. The van der Waals surface area contributed by atoms with Gasteiger partial charge < -0.3 is 14.1 Å². The zero-order chi connectivity index (χ0) is 17.2. The molecule has 0 atom stereocenters. The summed E-state index contributed by atoms with van der Waals surface area (Å²) in [6.45, 7) is 2.98. The molecule has 1 aliphatic carbocycles. The molecule has 0 aromatic carbocycles. The molecule has 0 bridgehead atoms. The van der Waals surface area contributed by atoms with Gasteiger partial charge in [0.1, 0.15) is 5.76 Å². The summed E-state index contributed by atoms with van der Waals surface area (Å²) in [6.07, 6.45) is 13.4. The van der Waals surface area contributed by atoms with Crippen LogP contribution in [0.25, 0.3) is 0 Å². The van der Waals surface area contributed by atoms with Gasteiger partial charge in [-0.25, -0.2) is 4.98 Å². The summed E-state index contributed by atoms with van der Waals surface area (Å²) in [6, 6.07) is 0. The van der Waals surface area contributed by atoms with Gasteiger partial charge in [0.25, 0.3) is 0 Å². The average molecular weight is 335 g/mol. The van der Waals surface area contributed by atoms with E-state index in [1.165, 1.54) is 37.7 Å². The predicted octanol–water partition coefficient (Wildman–Crippen LogP) is 3.34. The van der Waals surface area contributed by atoms with E-state index in [4.69, 9.17) is 15.5 Å². The first-order valence-corrected chi connectivity index (χ1v) is 8.94. The van der Waals surface area contributed by atoms with Gasteiger partial charge in [-0.15, -0.1) is 0 Å². The van der Waals surface area contributed by atoms with E-state index >= 15 is 0 Å². The second-order valence-corrected chi connectivity index (χ2v) is 6.29. The minimum atomic E-state index is -0.164. The van der Waals surface area contributed by atoms with Crippen molar-refractivity contribution in [1.82, 2.24) is 9.55 Å². The monoisotopic (exact) mass is 335 g/mol. The number of ether oxygens (including phenoxy) is 1. The van der Waals surface area contributed by atoms with Crippen LogP contribution >= 0.6 is 0 Å². The van der Waals surface area contributed by atoms with Crippen LogP contribution < -0.4 is 5.90 Å². The van der Waals surface area contributed by atoms with Gasteiger partial charge in [0, 0.05) is 31.8 Å². The normalized spacial score (nSPS) is 16.6. The molecule has 1 saturated carbocycles. The van der Waals surface area contributed by atoms with Crippen LogP contribution in [0.15, 0.2) is 30.1 Å². The molecule has 0 aliphatic heterocycles. The Kier molecular flexibility index (Phi) is 7.82. The summed E-state index contributed by atoms with van der Waals surface area (Å²) in [5.41, 5.74) is 1.25. The third-order valence-electron chi connectivity index (χ3n) is 4.60. The van der Waals surface area contributed by atoms with E-state index in [-0.39, 0.29) is 5.97 Å². The van der Waals surface area contributed by atoms with Crippen molar-refractivity contribution < 1.29 is 14.4 Å². The number of aromatic nitrogens is 2. The Labute approximate surface area is 144 Å². The van der Waals surface area contributed by atoms with Crippen LogP contribution in [0, 0.1) is 5.92 Å². The van der Waals surface area contributed by atoms with Gasteiger partial charge in [-0.3, -0.25) is 4.79 Å². The van der Waals surface area contributed by atoms with Gasteiger partial charge in [-0.1, -0.05) is 19.3 Å². The van der Waals surface area contributed by atoms with Crippen LogP contribution in [0.5, 0.6) is 0 Å². The molecule has 1 aromatic rings. The third kappa shape index (κ3) is 5.67. The van der Waals surface area contributed by atoms with Gasteiger partial charge >= 0.3 is 5.97 Å². The maximum atomic E-state index is 11.5. The summed E-state index contributed by atoms with van der Waals surface area (Å²) in [7, 11) is 0. The highest BCUT2D eigenvalue weighted by atomic mass is 16.6. The van der Waals surface area contributed by atoms with Crippen molar-refractivity contribution in [3.8, 4) is 0 Å². The van der Waals surface area contributed by atoms with Crippen LogP contribution in [-0.4, -0.2) is 22.1 Å². The number of esters is 1. The lowest BCUT2D eigenvalue weighted by Crippen LogP contribution is -2.18. The highest BCUT2D eigenvalue weighted by Crippen LogP contribution is 2.33. The molecule has 2 rings (SSSR count). The summed E-state index contributed by atoms with van der Waals surface area (Å²) in [4.78, 5) is 20.9. The topological polar surface area (TPSA) is 79.4 Å². The molecule has 1 aromatic heterocycles. The fraction of sp³-hybridized carbons (Fsp3) is 0.667. The smallest absolute Gasteiger partial charge is 0.305 e. The number of carbonyl (C=O) groups is 1. The summed E-state index contributed by atoms with van der Waals surface area (Å²) >= 11 is 0. The van der Waals surface area contributed by atoms with Crippen LogP contribution in [0.1, 0.15) is 58.3 Å². The molecule has 6 heteroatoms. The maximum Gasteiger partial charge on any atom is 0.305 e. The minimum absolute atomic E-state index is 0.164. The Balaban J connectivity index is 2.06. The highest BCUT2D eigenvalue weighted by molar-refractivity contribution is 5.69. The van der Waals surface area contributed by atoms with E-state index in [2.05, 4.69) is 4.98 Å². The maximum absolute atomic E-state index is 11.5. The quantitative estimate of drug-likeness (QED) is 0.425. The van der Waals surface area contributed by atoms with Crippen molar-refractivity contribution in [3.63, 3.8) is 0 Å². The number of carbonyl (C=O) groups excluding carboxylic acids is 1. The SMILES string of the molecule is CCOC(=O)CCCC(ON)=C(Cn1ccnc1)C1CCCCC1. The molecule has 0 radical (unpaired) electrons. The fourth-order valence-electron chi connectivity index (χ4n) is 3.39. The van der Waals surface area contributed by atoms with E-state index in [1.807, 2.05) is 24.0 Å². The second kappa shape index (κ2) is 10.1. The Morgan fingerprint density at radius 3 is 2.71 bits per heavy atom. The van der Waals surface area contributed by atoms with Crippen molar-refractivity contribution >= 4 is 5.97 Å². The van der Waals surface area contributed by atoms with E-state index in [0.717, 1.165) is 12.3 Å². The van der Waals surface area contributed by atoms with E-state index in [9.17, 15) is 4.79 Å². The molecule has 2 N–H and O–H groups in total. The van der Waals surface area contributed by atoms with Crippen LogP contribution in [0.3, 0.4) is 0 Å². The molecule has 134 valence electrons. The van der Waals surface area contributed by atoms with E-state index in [0.29, 0.717) is 31.8 Å². The van der Waals surface area contributed by atoms with Crippen molar-refractivity contribution in [2.24, 2.45) is 11.8 Å². The molecule has 0 saturated heterocycles. The third-order valence-corrected chi connectivity index (χ3v) is 4.60. The Morgan fingerprint density at radius 1 is 1.29 bits per heavy atom.